The Morgan fingerprint density at radius 2 is 1.46 bits per heavy atom. The predicted molar refractivity (Wildman–Crippen MR) is 108 cm³/mol. The van der Waals surface area contributed by atoms with Gasteiger partial charge in [-0.1, -0.05) is 39.0 Å². The minimum atomic E-state index is 0.772. The maximum atomic E-state index is 5.83. The minimum absolute atomic E-state index is 0.772. The Morgan fingerprint density at radius 3 is 2.15 bits per heavy atom. The number of nitrogens with one attached hydrogen (secondary N) is 1. The Balaban J connectivity index is 1.82. The topological polar surface area (TPSA) is 39.7 Å². The molecule has 1 N–H and O–H groups in total. The Hall–Kier alpha value is -2.36. The Morgan fingerprint density at radius 1 is 0.769 bits per heavy atom. The summed E-state index contributed by atoms with van der Waals surface area (Å²) in [5.41, 5.74) is 1.84. The van der Waals surface area contributed by atoms with Crippen LogP contribution < -0.4 is 19.5 Å². The molecule has 0 aromatic heterocycles. The minimum Gasteiger partial charge on any atom is -0.497 e. The number of ether oxygens (including phenoxy) is 3. The third-order valence-electron chi connectivity index (χ3n) is 4.31. The quantitative estimate of drug-likeness (QED) is 0.460. The lowest BCUT2D eigenvalue weighted by atomic mass is 10.1. The van der Waals surface area contributed by atoms with Gasteiger partial charge in [-0.05, 0) is 42.8 Å². The molecule has 0 bridgehead atoms. The molecule has 0 aliphatic rings. The highest BCUT2D eigenvalue weighted by Crippen LogP contribution is 2.32. The van der Waals surface area contributed by atoms with Gasteiger partial charge in [-0.25, -0.2) is 0 Å². The van der Waals surface area contributed by atoms with Gasteiger partial charge in [0.05, 0.1) is 26.5 Å². The van der Waals surface area contributed by atoms with Crippen molar-refractivity contribution in [3.05, 3.63) is 42.5 Å². The number of hydrogen-bond donors (Lipinski definition) is 1. The van der Waals surface area contributed by atoms with E-state index in [2.05, 4.69) is 12.2 Å². The second kappa shape index (κ2) is 11.3. The fraction of sp³-hybridized carbons (Fsp3) is 0.455. The standard InChI is InChI=1S/C22H31NO3/c1-4-5-6-7-8-9-16-26-19-12-10-18(11-13-19)23-21-17-20(24-2)14-15-22(21)25-3/h10-15,17,23H,4-9,16H2,1-3H3. The summed E-state index contributed by atoms with van der Waals surface area (Å²) in [6, 6.07) is 13.7. The number of benzene rings is 2. The van der Waals surface area contributed by atoms with Crippen LogP contribution in [0.2, 0.25) is 0 Å². The van der Waals surface area contributed by atoms with E-state index in [4.69, 9.17) is 14.2 Å². The van der Waals surface area contributed by atoms with E-state index in [9.17, 15) is 0 Å². The summed E-state index contributed by atoms with van der Waals surface area (Å²) in [6.45, 7) is 3.02. The van der Waals surface area contributed by atoms with E-state index in [0.29, 0.717) is 0 Å². The number of hydrogen-bond acceptors (Lipinski definition) is 4. The van der Waals surface area contributed by atoms with E-state index in [1.165, 1.54) is 32.1 Å². The molecule has 0 aliphatic carbocycles. The zero-order chi connectivity index (χ0) is 18.6. The highest BCUT2D eigenvalue weighted by atomic mass is 16.5. The second-order valence-corrected chi connectivity index (χ2v) is 6.33. The van der Waals surface area contributed by atoms with Crippen LogP contribution in [0.5, 0.6) is 17.2 Å². The number of rotatable bonds is 12. The van der Waals surface area contributed by atoms with E-state index >= 15 is 0 Å². The molecule has 4 nitrogen and oxygen atoms in total. The van der Waals surface area contributed by atoms with Crippen LogP contribution in [0.1, 0.15) is 45.4 Å². The first-order chi connectivity index (χ1) is 12.8. The smallest absolute Gasteiger partial charge is 0.142 e. The lowest BCUT2D eigenvalue weighted by molar-refractivity contribution is 0.304. The summed E-state index contributed by atoms with van der Waals surface area (Å²) in [6.07, 6.45) is 7.64. The van der Waals surface area contributed by atoms with E-state index < -0.39 is 0 Å². The number of anilines is 2. The van der Waals surface area contributed by atoms with Crippen molar-refractivity contribution in [1.29, 1.82) is 0 Å². The number of methoxy groups -OCH3 is 2. The van der Waals surface area contributed by atoms with Crippen LogP contribution in [-0.4, -0.2) is 20.8 Å². The van der Waals surface area contributed by atoms with Crippen LogP contribution >= 0.6 is 0 Å². The van der Waals surface area contributed by atoms with Gasteiger partial charge < -0.3 is 19.5 Å². The Bertz CT molecular complexity index is 640. The predicted octanol–water partition coefficient (Wildman–Crippen LogP) is 6.19. The van der Waals surface area contributed by atoms with Gasteiger partial charge in [-0.15, -0.1) is 0 Å². The summed E-state index contributed by atoms with van der Waals surface area (Å²) >= 11 is 0. The van der Waals surface area contributed by atoms with Gasteiger partial charge in [-0.3, -0.25) is 0 Å². The maximum Gasteiger partial charge on any atom is 0.142 e. The molecule has 4 heteroatoms. The van der Waals surface area contributed by atoms with Crippen molar-refractivity contribution in [2.45, 2.75) is 45.4 Å². The summed E-state index contributed by atoms with van der Waals surface area (Å²) < 4.78 is 16.5. The summed E-state index contributed by atoms with van der Waals surface area (Å²) in [7, 11) is 3.31. The zero-order valence-electron chi connectivity index (χ0n) is 16.2. The van der Waals surface area contributed by atoms with E-state index in [1.54, 1.807) is 14.2 Å². The van der Waals surface area contributed by atoms with Crippen molar-refractivity contribution < 1.29 is 14.2 Å². The molecule has 0 fully saturated rings. The van der Waals surface area contributed by atoms with Crippen LogP contribution in [0, 0.1) is 0 Å². The Kier molecular flexibility index (Phi) is 8.67. The molecular formula is C22H31NO3. The monoisotopic (exact) mass is 357 g/mol. The molecule has 142 valence electrons. The normalized spacial score (nSPS) is 10.4. The lowest BCUT2D eigenvalue weighted by Gasteiger charge is -2.13. The molecular weight excluding hydrogens is 326 g/mol. The van der Waals surface area contributed by atoms with Crippen molar-refractivity contribution in [3.8, 4) is 17.2 Å². The van der Waals surface area contributed by atoms with Gasteiger partial charge >= 0.3 is 0 Å². The molecule has 0 spiro atoms. The highest BCUT2D eigenvalue weighted by Gasteiger charge is 2.05. The van der Waals surface area contributed by atoms with Gasteiger partial charge in [0.15, 0.2) is 0 Å². The molecule has 2 aromatic rings. The van der Waals surface area contributed by atoms with E-state index in [0.717, 1.165) is 41.7 Å². The molecule has 26 heavy (non-hydrogen) atoms. The van der Waals surface area contributed by atoms with Gasteiger partial charge in [-0.2, -0.15) is 0 Å². The SMILES string of the molecule is CCCCCCCCOc1ccc(Nc2cc(OC)ccc2OC)cc1. The van der Waals surface area contributed by atoms with Crippen LogP contribution in [-0.2, 0) is 0 Å². The van der Waals surface area contributed by atoms with Crippen molar-refractivity contribution in [1.82, 2.24) is 0 Å². The van der Waals surface area contributed by atoms with Crippen molar-refractivity contribution in [2.75, 3.05) is 26.1 Å². The molecule has 0 radical (unpaired) electrons. The molecule has 0 unspecified atom stereocenters. The molecule has 2 rings (SSSR count). The fourth-order valence-electron chi connectivity index (χ4n) is 2.77. The third kappa shape index (κ3) is 6.51. The molecule has 2 aromatic carbocycles. The van der Waals surface area contributed by atoms with Crippen molar-refractivity contribution in [2.24, 2.45) is 0 Å². The van der Waals surface area contributed by atoms with E-state index in [-0.39, 0.29) is 0 Å². The van der Waals surface area contributed by atoms with Crippen LogP contribution in [0.4, 0.5) is 11.4 Å². The maximum absolute atomic E-state index is 5.83. The third-order valence-corrected chi connectivity index (χ3v) is 4.31. The zero-order valence-corrected chi connectivity index (χ0v) is 16.2. The number of unbranched alkanes of at least 4 members (excludes halogenated alkanes) is 5. The average molecular weight is 357 g/mol. The first kappa shape index (κ1) is 20.0. The van der Waals surface area contributed by atoms with Gasteiger partial charge in [0.1, 0.15) is 17.2 Å². The summed E-state index contributed by atoms with van der Waals surface area (Å²) in [5.74, 6) is 2.46. The molecule has 0 heterocycles. The molecule has 0 saturated carbocycles. The summed E-state index contributed by atoms with van der Waals surface area (Å²) in [4.78, 5) is 0. The van der Waals surface area contributed by atoms with Crippen LogP contribution in [0.15, 0.2) is 42.5 Å². The lowest BCUT2D eigenvalue weighted by Crippen LogP contribution is -1.98. The van der Waals surface area contributed by atoms with Gasteiger partial charge in [0.2, 0.25) is 0 Å². The van der Waals surface area contributed by atoms with Crippen molar-refractivity contribution >= 4 is 11.4 Å². The van der Waals surface area contributed by atoms with Crippen LogP contribution in [0.3, 0.4) is 0 Å². The fourth-order valence-corrected chi connectivity index (χ4v) is 2.77. The molecule has 0 saturated heterocycles. The van der Waals surface area contributed by atoms with Crippen molar-refractivity contribution in [3.63, 3.8) is 0 Å². The highest BCUT2D eigenvalue weighted by molar-refractivity contribution is 5.68. The Labute approximate surface area is 157 Å². The average Bonchev–Trinajstić information content (AvgIpc) is 2.68. The van der Waals surface area contributed by atoms with Gasteiger partial charge in [0, 0.05) is 11.8 Å². The van der Waals surface area contributed by atoms with Crippen LogP contribution in [0.25, 0.3) is 0 Å². The molecule has 0 amide bonds. The first-order valence-corrected chi connectivity index (χ1v) is 9.48. The second-order valence-electron chi connectivity index (χ2n) is 6.33. The summed E-state index contributed by atoms with van der Waals surface area (Å²) in [5, 5.41) is 3.36. The van der Waals surface area contributed by atoms with E-state index in [1.807, 2.05) is 42.5 Å². The first-order valence-electron chi connectivity index (χ1n) is 9.48. The molecule has 0 aliphatic heterocycles. The molecule has 0 atom stereocenters. The van der Waals surface area contributed by atoms with Gasteiger partial charge in [0.25, 0.3) is 0 Å². The largest absolute Gasteiger partial charge is 0.497 e.